The van der Waals surface area contributed by atoms with Crippen LogP contribution in [0.3, 0.4) is 0 Å². The highest BCUT2D eigenvalue weighted by Gasteiger charge is 2.46. The third-order valence-corrected chi connectivity index (χ3v) is 6.25. The molecule has 1 aliphatic rings. The van der Waals surface area contributed by atoms with Gasteiger partial charge in [0.2, 0.25) is 5.91 Å². The van der Waals surface area contributed by atoms with Crippen molar-refractivity contribution in [3.8, 4) is 0 Å². The maximum Gasteiger partial charge on any atom is 0.304 e. The molecule has 0 bridgehead atoms. The molecule has 5 nitrogen and oxygen atoms in total. The van der Waals surface area contributed by atoms with E-state index in [1.165, 1.54) is 6.92 Å². The Morgan fingerprint density at radius 3 is 2.37 bits per heavy atom. The summed E-state index contributed by atoms with van der Waals surface area (Å²) in [7, 11) is -0.767. The van der Waals surface area contributed by atoms with E-state index in [1.54, 1.807) is 0 Å². The number of ether oxygens (including phenoxy) is 1. The fourth-order valence-electron chi connectivity index (χ4n) is 1.72. The Hall–Kier alpha value is -0.883. The van der Waals surface area contributed by atoms with Crippen LogP contribution >= 0.6 is 0 Å². The second kappa shape index (κ2) is 6.05. The van der Waals surface area contributed by atoms with Gasteiger partial charge in [-0.15, -0.1) is 0 Å². The number of hydrogen-bond donors (Lipinski definition) is 1. The van der Waals surface area contributed by atoms with Gasteiger partial charge in [0.15, 0.2) is 16.0 Å². The van der Waals surface area contributed by atoms with Crippen LogP contribution in [0.25, 0.3) is 0 Å². The van der Waals surface area contributed by atoms with E-state index in [0.29, 0.717) is 5.92 Å². The van der Waals surface area contributed by atoms with Gasteiger partial charge in [-0.1, -0.05) is 27.7 Å². The van der Waals surface area contributed by atoms with Gasteiger partial charge in [-0.3, -0.25) is 9.59 Å². The van der Waals surface area contributed by atoms with Gasteiger partial charge >= 0.3 is 5.97 Å². The molecule has 1 aliphatic heterocycles. The highest BCUT2D eigenvalue weighted by Crippen LogP contribution is 2.34. The second-order valence-corrected chi connectivity index (χ2v) is 8.67. The van der Waals surface area contributed by atoms with Crippen LogP contribution in [0.15, 0.2) is 0 Å². The molecular formula is C13H25NO4Si. The van der Waals surface area contributed by atoms with E-state index in [-0.39, 0.29) is 28.9 Å². The molecule has 1 heterocycles. The Labute approximate surface area is 117 Å². The monoisotopic (exact) mass is 287 g/mol. The van der Waals surface area contributed by atoms with E-state index >= 15 is 0 Å². The number of rotatable bonds is 6. The molecule has 110 valence electrons. The van der Waals surface area contributed by atoms with Crippen LogP contribution in [-0.2, 0) is 18.8 Å². The molecule has 0 spiro atoms. The number of β-lactam (4-membered cyclic amide) rings is 1. The Morgan fingerprint density at radius 1 is 1.37 bits per heavy atom. The maximum atomic E-state index is 11.6. The lowest BCUT2D eigenvalue weighted by atomic mass is 9.93. The molecule has 0 aromatic rings. The number of nitrogens with one attached hydrogen (secondary N) is 1. The minimum atomic E-state index is -0.767. The molecule has 0 saturated carbocycles. The third-order valence-electron chi connectivity index (χ3n) is 3.99. The summed E-state index contributed by atoms with van der Waals surface area (Å²) < 4.78 is 11.0. The van der Waals surface area contributed by atoms with E-state index < -0.39 is 16.0 Å². The van der Waals surface area contributed by atoms with Crippen molar-refractivity contribution in [3.05, 3.63) is 0 Å². The normalized spacial score (nSPS) is 25.3. The summed E-state index contributed by atoms with van der Waals surface area (Å²) in [6, 6.07) is 0. The van der Waals surface area contributed by atoms with Crippen LogP contribution in [0.1, 0.15) is 41.5 Å². The zero-order valence-electron chi connectivity index (χ0n) is 12.6. The topological polar surface area (TPSA) is 64.6 Å². The van der Waals surface area contributed by atoms with E-state index in [1.807, 2.05) is 6.92 Å². The van der Waals surface area contributed by atoms with Crippen molar-refractivity contribution in [1.82, 2.24) is 5.32 Å². The Bertz CT molecular complexity index is 357. The summed E-state index contributed by atoms with van der Waals surface area (Å²) in [4.78, 5) is 22.5. The first-order valence-corrected chi connectivity index (χ1v) is 8.03. The van der Waals surface area contributed by atoms with Gasteiger partial charge in [-0.05, 0) is 17.9 Å². The van der Waals surface area contributed by atoms with Gasteiger partial charge in [0.1, 0.15) is 5.92 Å². The predicted molar refractivity (Wildman–Crippen MR) is 75.2 cm³/mol. The molecule has 0 aromatic carbocycles. The van der Waals surface area contributed by atoms with Gasteiger partial charge in [-0.25, -0.2) is 0 Å². The molecule has 19 heavy (non-hydrogen) atoms. The van der Waals surface area contributed by atoms with Crippen molar-refractivity contribution >= 4 is 21.6 Å². The third kappa shape index (κ3) is 4.04. The zero-order valence-corrected chi connectivity index (χ0v) is 14.1. The largest absolute Gasteiger partial charge is 0.441 e. The Balaban J connectivity index is 2.50. The fraction of sp³-hybridized carbons (Fsp3) is 0.846. The number of carbonyl (C=O) groups is 2. The molecule has 1 amide bonds. The molecular weight excluding hydrogens is 262 g/mol. The van der Waals surface area contributed by atoms with Crippen molar-refractivity contribution in [2.45, 2.75) is 58.9 Å². The lowest BCUT2D eigenvalue weighted by Gasteiger charge is -2.40. The molecule has 0 aliphatic carbocycles. The first-order valence-electron chi connectivity index (χ1n) is 6.74. The van der Waals surface area contributed by atoms with Crippen LogP contribution in [-0.4, -0.2) is 34.0 Å². The number of hydrogen-bond acceptors (Lipinski definition) is 4. The van der Waals surface area contributed by atoms with Crippen molar-refractivity contribution in [2.24, 2.45) is 11.8 Å². The van der Waals surface area contributed by atoms with Crippen molar-refractivity contribution < 1.29 is 18.8 Å². The Morgan fingerprint density at radius 2 is 1.95 bits per heavy atom. The van der Waals surface area contributed by atoms with Crippen LogP contribution in [0.2, 0.25) is 5.04 Å². The lowest BCUT2D eigenvalue weighted by molar-refractivity contribution is -0.172. The van der Waals surface area contributed by atoms with E-state index in [4.69, 9.17) is 9.16 Å². The number of amides is 1. The zero-order chi connectivity index (χ0) is 14.8. The summed E-state index contributed by atoms with van der Waals surface area (Å²) in [6.07, 6.45) is -0.737. The lowest BCUT2D eigenvalue weighted by Crippen LogP contribution is -2.64. The SMILES string of the molecule is CC(=O)OC1NC(=O)C1C(C)O[SiH2]C(C)(C)C(C)C. The summed E-state index contributed by atoms with van der Waals surface area (Å²) in [5, 5.41) is 2.76. The van der Waals surface area contributed by atoms with E-state index in [9.17, 15) is 9.59 Å². The highest BCUT2D eigenvalue weighted by molar-refractivity contribution is 6.32. The summed E-state index contributed by atoms with van der Waals surface area (Å²) in [5.74, 6) is -0.317. The summed E-state index contributed by atoms with van der Waals surface area (Å²) in [6.45, 7) is 12.0. The Kier molecular flexibility index (Phi) is 5.15. The maximum absolute atomic E-state index is 11.6. The van der Waals surface area contributed by atoms with E-state index in [2.05, 4.69) is 33.0 Å². The van der Waals surface area contributed by atoms with E-state index in [0.717, 1.165) is 0 Å². The smallest absolute Gasteiger partial charge is 0.304 e. The standard InChI is InChI=1S/C13H25NO4Si/c1-7(2)13(5,6)19-18-8(3)10-11(16)14-12(10)17-9(4)15/h7-8,10,12H,19H2,1-6H3,(H,14,16). The van der Waals surface area contributed by atoms with Crippen molar-refractivity contribution in [1.29, 1.82) is 0 Å². The number of carbonyl (C=O) groups excluding carboxylic acids is 2. The molecule has 1 rings (SSSR count). The minimum Gasteiger partial charge on any atom is -0.441 e. The summed E-state index contributed by atoms with van der Waals surface area (Å²) in [5.41, 5.74) is 0. The summed E-state index contributed by atoms with van der Waals surface area (Å²) >= 11 is 0. The average molecular weight is 287 g/mol. The van der Waals surface area contributed by atoms with Gasteiger partial charge in [0, 0.05) is 6.92 Å². The van der Waals surface area contributed by atoms with Crippen LogP contribution in [0.4, 0.5) is 0 Å². The fourth-order valence-corrected chi connectivity index (χ4v) is 2.96. The van der Waals surface area contributed by atoms with Gasteiger partial charge in [0.05, 0.1) is 6.10 Å². The van der Waals surface area contributed by atoms with Crippen LogP contribution < -0.4 is 5.32 Å². The first kappa shape index (κ1) is 16.2. The van der Waals surface area contributed by atoms with Crippen LogP contribution in [0, 0.1) is 11.8 Å². The molecule has 1 saturated heterocycles. The van der Waals surface area contributed by atoms with Gasteiger partial charge in [0.25, 0.3) is 0 Å². The van der Waals surface area contributed by atoms with Gasteiger partial charge < -0.3 is 14.5 Å². The molecule has 0 aromatic heterocycles. The quantitative estimate of drug-likeness (QED) is 0.449. The number of esters is 1. The minimum absolute atomic E-state index is 0.102. The molecule has 0 radical (unpaired) electrons. The van der Waals surface area contributed by atoms with Crippen LogP contribution in [0.5, 0.6) is 0 Å². The highest BCUT2D eigenvalue weighted by atomic mass is 28.2. The van der Waals surface area contributed by atoms with Crippen molar-refractivity contribution in [3.63, 3.8) is 0 Å². The second-order valence-electron chi connectivity index (χ2n) is 6.22. The van der Waals surface area contributed by atoms with Gasteiger partial charge in [-0.2, -0.15) is 0 Å². The predicted octanol–water partition coefficient (Wildman–Crippen LogP) is 0.965. The molecule has 1 N–H and O–H groups in total. The first-order chi connectivity index (χ1) is 8.65. The average Bonchev–Trinajstić information content (AvgIpc) is 2.24. The van der Waals surface area contributed by atoms with Crippen molar-refractivity contribution in [2.75, 3.05) is 0 Å². The molecule has 1 fully saturated rings. The molecule has 6 heteroatoms. The molecule has 3 unspecified atom stereocenters. The molecule has 3 atom stereocenters.